The molecule has 0 amide bonds. The van der Waals surface area contributed by atoms with Gasteiger partial charge in [0.15, 0.2) is 5.16 Å². The van der Waals surface area contributed by atoms with Gasteiger partial charge in [-0.05, 0) is 0 Å². The van der Waals surface area contributed by atoms with Crippen molar-refractivity contribution < 1.29 is 0 Å². The van der Waals surface area contributed by atoms with Crippen LogP contribution in [-0.4, -0.2) is 19.7 Å². The molecule has 0 aliphatic rings. The third-order valence-corrected chi connectivity index (χ3v) is 1.96. The van der Waals surface area contributed by atoms with Crippen LogP contribution in [0.15, 0.2) is 11.5 Å². The van der Waals surface area contributed by atoms with Gasteiger partial charge in [0.25, 0.3) is 0 Å². The lowest BCUT2D eigenvalue weighted by Crippen LogP contribution is -2.09. The maximum Gasteiger partial charge on any atom is 0.223 e. The molecule has 4 nitrogen and oxygen atoms in total. The van der Waals surface area contributed by atoms with Crippen molar-refractivity contribution in [2.75, 3.05) is 5.73 Å². The lowest BCUT2D eigenvalue weighted by atomic mass is 10.3. The van der Waals surface area contributed by atoms with Gasteiger partial charge in [-0.3, -0.25) is 0 Å². The van der Waals surface area contributed by atoms with Crippen molar-refractivity contribution in [3.8, 4) is 0 Å². The van der Waals surface area contributed by atoms with E-state index in [-0.39, 0.29) is 10.7 Å². The second kappa shape index (κ2) is 3.26. The summed E-state index contributed by atoms with van der Waals surface area (Å²) >= 11 is 1.57. The Balaban J connectivity index is 2.77. The second-order valence-electron chi connectivity index (χ2n) is 3.34. The van der Waals surface area contributed by atoms with Crippen molar-refractivity contribution in [3.05, 3.63) is 6.33 Å². The molecule has 1 aromatic rings. The van der Waals surface area contributed by atoms with Gasteiger partial charge in [0.05, 0.1) is 0 Å². The Hall–Kier alpha value is -0.840. The number of aromatic nitrogens is 3. The molecule has 0 saturated heterocycles. The van der Waals surface area contributed by atoms with Crippen molar-refractivity contribution in [1.29, 1.82) is 0 Å². The van der Waals surface area contributed by atoms with Crippen LogP contribution in [0.4, 0.5) is 5.95 Å². The minimum atomic E-state index is 0.105. The summed E-state index contributed by atoms with van der Waals surface area (Å²) in [6.45, 7) is 6.28. The van der Waals surface area contributed by atoms with Gasteiger partial charge in [-0.2, -0.15) is 4.98 Å². The summed E-state index contributed by atoms with van der Waals surface area (Å²) in [5.41, 5.74) is 5.40. The minimum Gasteiger partial charge on any atom is -0.368 e. The maximum atomic E-state index is 5.40. The van der Waals surface area contributed by atoms with E-state index in [1.54, 1.807) is 11.8 Å². The summed E-state index contributed by atoms with van der Waals surface area (Å²) in [5, 5.41) is 0.676. The second-order valence-corrected chi connectivity index (χ2v) is 5.13. The number of nitrogens with zero attached hydrogens (tertiary/aromatic N) is 3. The zero-order chi connectivity index (χ0) is 9.19. The Morgan fingerprint density at radius 2 is 2.00 bits per heavy atom. The molecule has 0 atom stereocenters. The van der Waals surface area contributed by atoms with Crippen LogP contribution in [0, 0.1) is 0 Å². The first-order chi connectivity index (χ1) is 5.47. The Morgan fingerprint density at radius 1 is 1.33 bits per heavy atom. The highest BCUT2D eigenvalue weighted by Crippen LogP contribution is 2.28. The molecule has 0 aliphatic carbocycles. The van der Waals surface area contributed by atoms with Crippen molar-refractivity contribution in [2.45, 2.75) is 30.7 Å². The van der Waals surface area contributed by atoms with Gasteiger partial charge in [-0.25, -0.2) is 9.97 Å². The van der Waals surface area contributed by atoms with Gasteiger partial charge in [-0.1, -0.05) is 32.5 Å². The average Bonchev–Trinajstić information content (AvgIpc) is 1.82. The van der Waals surface area contributed by atoms with Crippen LogP contribution in [0.1, 0.15) is 20.8 Å². The minimum absolute atomic E-state index is 0.105. The summed E-state index contributed by atoms with van der Waals surface area (Å²) in [5.74, 6) is 0.275. The Kier molecular flexibility index (Phi) is 2.52. The molecule has 0 saturated carbocycles. The van der Waals surface area contributed by atoms with Crippen molar-refractivity contribution in [1.82, 2.24) is 15.0 Å². The molecule has 0 aliphatic heterocycles. The van der Waals surface area contributed by atoms with Crippen LogP contribution in [-0.2, 0) is 0 Å². The fourth-order valence-corrected chi connectivity index (χ4v) is 1.40. The van der Waals surface area contributed by atoms with E-state index >= 15 is 0 Å². The predicted octanol–water partition coefficient (Wildman–Crippen LogP) is 1.34. The van der Waals surface area contributed by atoms with Gasteiger partial charge in [-0.15, -0.1) is 0 Å². The maximum absolute atomic E-state index is 5.40. The lowest BCUT2D eigenvalue weighted by Gasteiger charge is -2.15. The number of rotatable bonds is 1. The highest BCUT2D eigenvalue weighted by molar-refractivity contribution is 8.00. The highest BCUT2D eigenvalue weighted by Gasteiger charge is 2.13. The highest BCUT2D eigenvalue weighted by atomic mass is 32.2. The molecule has 0 spiro atoms. The summed E-state index contributed by atoms with van der Waals surface area (Å²) in [6, 6.07) is 0. The fraction of sp³-hybridized carbons (Fsp3) is 0.571. The third kappa shape index (κ3) is 3.04. The number of hydrogen-bond donors (Lipinski definition) is 1. The molecule has 1 rings (SSSR count). The summed E-state index contributed by atoms with van der Waals surface area (Å²) < 4.78 is 0.105. The zero-order valence-corrected chi connectivity index (χ0v) is 8.22. The van der Waals surface area contributed by atoms with E-state index in [2.05, 4.69) is 35.7 Å². The van der Waals surface area contributed by atoms with Gasteiger partial charge in [0.2, 0.25) is 5.95 Å². The zero-order valence-electron chi connectivity index (χ0n) is 7.40. The number of nitrogens with two attached hydrogens (primary N) is 1. The van der Waals surface area contributed by atoms with Crippen molar-refractivity contribution >= 4 is 17.7 Å². The molecule has 0 fully saturated rings. The van der Waals surface area contributed by atoms with E-state index in [1.807, 2.05) is 0 Å². The summed E-state index contributed by atoms with van der Waals surface area (Å²) in [4.78, 5) is 11.7. The van der Waals surface area contributed by atoms with Crippen molar-refractivity contribution in [3.63, 3.8) is 0 Å². The van der Waals surface area contributed by atoms with Crippen LogP contribution < -0.4 is 5.73 Å². The van der Waals surface area contributed by atoms with Gasteiger partial charge in [0.1, 0.15) is 6.33 Å². The Labute approximate surface area is 76.0 Å². The predicted molar refractivity (Wildman–Crippen MR) is 49.8 cm³/mol. The SMILES string of the molecule is CC(C)(C)Sc1ncnc(N)n1. The van der Waals surface area contributed by atoms with Crippen LogP contribution >= 0.6 is 11.8 Å². The van der Waals surface area contributed by atoms with Crippen LogP contribution in [0.2, 0.25) is 0 Å². The van der Waals surface area contributed by atoms with E-state index in [4.69, 9.17) is 5.73 Å². The van der Waals surface area contributed by atoms with Gasteiger partial charge < -0.3 is 5.73 Å². The van der Waals surface area contributed by atoms with Crippen LogP contribution in [0.5, 0.6) is 0 Å². The molecule has 66 valence electrons. The normalized spacial score (nSPS) is 11.6. The number of anilines is 1. The third-order valence-electron chi connectivity index (χ3n) is 0.966. The fourth-order valence-electron chi connectivity index (χ4n) is 0.616. The first-order valence-electron chi connectivity index (χ1n) is 3.61. The molecule has 5 heteroatoms. The largest absolute Gasteiger partial charge is 0.368 e. The lowest BCUT2D eigenvalue weighted by molar-refractivity contribution is 0.788. The molecule has 0 bridgehead atoms. The quantitative estimate of drug-likeness (QED) is 0.667. The average molecular weight is 184 g/mol. The first kappa shape index (κ1) is 9.25. The number of hydrogen-bond acceptors (Lipinski definition) is 5. The molecule has 12 heavy (non-hydrogen) atoms. The molecule has 1 heterocycles. The summed E-state index contributed by atoms with van der Waals surface area (Å²) in [7, 11) is 0. The van der Waals surface area contributed by atoms with Gasteiger partial charge >= 0.3 is 0 Å². The molecule has 0 aromatic carbocycles. The Bertz CT molecular complexity index is 268. The van der Waals surface area contributed by atoms with Gasteiger partial charge in [0, 0.05) is 4.75 Å². The van der Waals surface area contributed by atoms with E-state index < -0.39 is 0 Å². The standard InChI is InChI=1S/C7H12N4S/c1-7(2,3)12-6-10-4-9-5(8)11-6/h4H,1-3H3,(H2,8,9,10,11). The van der Waals surface area contributed by atoms with E-state index in [0.717, 1.165) is 0 Å². The molecule has 0 radical (unpaired) electrons. The first-order valence-corrected chi connectivity index (χ1v) is 4.42. The molecule has 1 aromatic heterocycles. The smallest absolute Gasteiger partial charge is 0.223 e. The monoisotopic (exact) mass is 184 g/mol. The van der Waals surface area contributed by atoms with E-state index in [1.165, 1.54) is 6.33 Å². The molecular formula is C7H12N4S. The van der Waals surface area contributed by atoms with E-state index in [9.17, 15) is 0 Å². The Morgan fingerprint density at radius 3 is 2.50 bits per heavy atom. The van der Waals surface area contributed by atoms with Crippen LogP contribution in [0.25, 0.3) is 0 Å². The van der Waals surface area contributed by atoms with E-state index in [0.29, 0.717) is 5.16 Å². The number of nitrogen functional groups attached to an aromatic ring is 1. The van der Waals surface area contributed by atoms with Crippen molar-refractivity contribution in [2.24, 2.45) is 0 Å². The van der Waals surface area contributed by atoms with Crippen LogP contribution in [0.3, 0.4) is 0 Å². The molecule has 0 unspecified atom stereocenters. The molecule has 2 N–H and O–H groups in total. The molecular weight excluding hydrogens is 172 g/mol. The topological polar surface area (TPSA) is 64.7 Å². The number of thioether (sulfide) groups is 1. The summed E-state index contributed by atoms with van der Waals surface area (Å²) in [6.07, 6.45) is 1.43.